The summed E-state index contributed by atoms with van der Waals surface area (Å²) >= 11 is 0. The minimum Gasteiger partial charge on any atom is -0.359 e. The molecular weight excluding hydrogens is 219 g/mol. The molecule has 1 aromatic heterocycles. The van der Waals surface area contributed by atoms with Crippen LogP contribution in [-0.2, 0) is 10.3 Å². The first-order valence-corrected chi connectivity index (χ1v) is 5.62. The first-order chi connectivity index (χ1) is 8.27. The van der Waals surface area contributed by atoms with E-state index in [0.717, 1.165) is 11.8 Å². The fourth-order valence-electron chi connectivity index (χ4n) is 2.49. The third-order valence-electron chi connectivity index (χ3n) is 3.61. The lowest BCUT2D eigenvalue weighted by Crippen LogP contribution is -2.33. The highest BCUT2D eigenvalue weighted by Gasteiger charge is 2.41. The molecule has 1 aliphatic carbocycles. The van der Waals surface area contributed by atoms with Gasteiger partial charge in [-0.1, -0.05) is 12.1 Å². The Balaban J connectivity index is 2.22. The van der Waals surface area contributed by atoms with E-state index < -0.39 is 5.54 Å². The summed E-state index contributed by atoms with van der Waals surface area (Å²) in [5.41, 5.74) is 0.308. The molecule has 1 N–H and O–H groups in total. The first-order valence-electron chi connectivity index (χ1n) is 5.62. The lowest BCUT2D eigenvalue weighted by Gasteiger charge is -2.37. The molecule has 0 saturated heterocycles. The number of isocyanates is 1. The molecule has 2 aromatic rings. The van der Waals surface area contributed by atoms with E-state index in [1.54, 1.807) is 18.3 Å². The molecule has 17 heavy (non-hydrogen) atoms. The second kappa shape index (κ2) is 3.54. The Morgan fingerprint density at radius 2 is 2.18 bits per heavy atom. The van der Waals surface area contributed by atoms with E-state index >= 15 is 0 Å². The van der Waals surface area contributed by atoms with Crippen LogP contribution in [0.3, 0.4) is 0 Å². The van der Waals surface area contributed by atoms with Crippen LogP contribution in [0.1, 0.15) is 24.8 Å². The summed E-state index contributed by atoms with van der Waals surface area (Å²) in [7, 11) is 0. The van der Waals surface area contributed by atoms with Gasteiger partial charge in [0.15, 0.2) is 5.82 Å². The van der Waals surface area contributed by atoms with Crippen LogP contribution in [0.2, 0.25) is 0 Å². The van der Waals surface area contributed by atoms with Crippen molar-refractivity contribution in [1.82, 2.24) is 4.98 Å². The number of nitrogens with zero attached hydrogens (tertiary/aromatic N) is 1. The number of aromatic amines is 1. The lowest BCUT2D eigenvalue weighted by molar-refractivity contribution is 0.248. The number of H-pyrrole nitrogens is 1. The zero-order valence-corrected chi connectivity index (χ0v) is 9.16. The maximum atomic E-state index is 14.3. The number of halogens is 1. The summed E-state index contributed by atoms with van der Waals surface area (Å²) in [6, 6.07) is 5.40. The highest BCUT2D eigenvalue weighted by atomic mass is 19.1. The summed E-state index contributed by atoms with van der Waals surface area (Å²) in [5.74, 6) is -0.300. The Kier molecular flexibility index (Phi) is 2.13. The SMILES string of the molecule is O=C=NC1(c2ccc3cc[nH]c3c2F)CCC1. The predicted molar refractivity (Wildman–Crippen MR) is 61.9 cm³/mol. The number of rotatable bonds is 2. The van der Waals surface area contributed by atoms with E-state index in [2.05, 4.69) is 9.98 Å². The molecule has 3 nitrogen and oxygen atoms in total. The average Bonchev–Trinajstić information content (AvgIpc) is 2.74. The van der Waals surface area contributed by atoms with Gasteiger partial charge in [-0.3, -0.25) is 0 Å². The Hall–Kier alpha value is -1.93. The molecule has 0 aliphatic heterocycles. The zero-order valence-electron chi connectivity index (χ0n) is 9.16. The van der Waals surface area contributed by atoms with Gasteiger partial charge in [0.25, 0.3) is 0 Å². The molecule has 1 heterocycles. The number of benzene rings is 1. The van der Waals surface area contributed by atoms with E-state index in [1.165, 1.54) is 0 Å². The average molecular weight is 230 g/mol. The molecule has 1 saturated carbocycles. The Morgan fingerprint density at radius 1 is 1.35 bits per heavy atom. The Labute approximate surface area is 97.4 Å². The molecule has 0 spiro atoms. The van der Waals surface area contributed by atoms with Crippen molar-refractivity contribution in [3.63, 3.8) is 0 Å². The molecule has 0 atom stereocenters. The van der Waals surface area contributed by atoms with Crippen LogP contribution in [0.15, 0.2) is 29.4 Å². The van der Waals surface area contributed by atoms with Gasteiger partial charge in [-0.25, -0.2) is 9.18 Å². The second-order valence-corrected chi connectivity index (χ2v) is 4.46. The largest absolute Gasteiger partial charge is 0.359 e. The molecule has 4 heteroatoms. The van der Waals surface area contributed by atoms with Crippen molar-refractivity contribution in [1.29, 1.82) is 0 Å². The Morgan fingerprint density at radius 3 is 2.82 bits per heavy atom. The molecule has 1 fully saturated rings. The second-order valence-electron chi connectivity index (χ2n) is 4.46. The van der Waals surface area contributed by atoms with Gasteiger partial charge < -0.3 is 4.98 Å². The van der Waals surface area contributed by atoms with Crippen LogP contribution in [0.4, 0.5) is 4.39 Å². The molecule has 0 amide bonds. The van der Waals surface area contributed by atoms with Crippen LogP contribution < -0.4 is 0 Å². The third kappa shape index (κ3) is 1.34. The normalized spacial score (nSPS) is 17.5. The van der Waals surface area contributed by atoms with Gasteiger partial charge in [0.1, 0.15) is 5.54 Å². The van der Waals surface area contributed by atoms with Crippen molar-refractivity contribution in [3.05, 3.63) is 35.8 Å². The first kappa shape index (κ1) is 10.2. The number of carbonyl (C=O) groups excluding carboxylic acids is 1. The van der Waals surface area contributed by atoms with Gasteiger partial charge in [-0.15, -0.1) is 0 Å². The van der Waals surface area contributed by atoms with Gasteiger partial charge in [0.2, 0.25) is 6.08 Å². The monoisotopic (exact) mass is 230 g/mol. The van der Waals surface area contributed by atoms with Gasteiger partial charge in [-0.05, 0) is 25.3 Å². The highest BCUT2D eigenvalue weighted by Crippen LogP contribution is 2.46. The van der Waals surface area contributed by atoms with Crippen molar-refractivity contribution >= 4 is 17.0 Å². The summed E-state index contributed by atoms with van der Waals surface area (Å²) in [6.07, 6.45) is 5.67. The molecule has 0 bridgehead atoms. The van der Waals surface area contributed by atoms with Crippen molar-refractivity contribution in [2.45, 2.75) is 24.8 Å². The van der Waals surface area contributed by atoms with Gasteiger partial charge in [-0.2, -0.15) is 4.99 Å². The standard InChI is InChI=1S/C13H11FN2O/c14-11-10(13(16-8-17)5-1-6-13)3-2-9-4-7-15-12(9)11/h2-4,7,15H,1,5-6H2. The van der Waals surface area contributed by atoms with Crippen LogP contribution in [0.25, 0.3) is 10.9 Å². The van der Waals surface area contributed by atoms with E-state index in [-0.39, 0.29) is 5.82 Å². The molecule has 1 aliphatic rings. The van der Waals surface area contributed by atoms with Crippen molar-refractivity contribution in [2.24, 2.45) is 4.99 Å². The maximum Gasteiger partial charge on any atom is 0.235 e. The van der Waals surface area contributed by atoms with E-state index in [0.29, 0.717) is 23.9 Å². The number of aromatic nitrogens is 1. The molecule has 1 aromatic carbocycles. The smallest absolute Gasteiger partial charge is 0.235 e. The number of nitrogens with one attached hydrogen (secondary N) is 1. The van der Waals surface area contributed by atoms with E-state index in [4.69, 9.17) is 0 Å². The molecule has 0 unspecified atom stereocenters. The Bertz CT molecular complexity index is 621. The fourth-order valence-corrected chi connectivity index (χ4v) is 2.49. The number of aliphatic imine (C=N–C) groups is 1. The third-order valence-corrected chi connectivity index (χ3v) is 3.61. The van der Waals surface area contributed by atoms with E-state index in [1.807, 2.05) is 12.1 Å². The van der Waals surface area contributed by atoms with Crippen LogP contribution in [-0.4, -0.2) is 11.1 Å². The molecule has 3 rings (SSSR count). The van der Waals surface area contributed by atoms with E-state index in [9.17, 15) is 9.18 Å². The van der Waals surface area contributed by atoms with Gasteiger partial charge in [0, 0.05) is 17.1 Å². The zero-order chi connectivity index (χ0) is 11.9. The van der Waals surface area contributed by atoms with Gasteiger partial charge >= 0.3 is 0 Å². The van der Waals surface area contributed by atoms with Crippen LogP contribution in [0, 0.1) is 5.82 Å². The van der Waals surface area contributed by atoms with Crippen LogP contribution >= 0.6 is 0 Å². The summed E-state index contributed by atoms with van der Waals surface area (Å²) in [6.45, 7) is 0. The van der Waals surface area contributed by atoms with Crippen molar-refractivity contribution < 1.29 is 9.18 Å². The number of hydrogen-bond donors (Lipinski definition) is 1. The minimum absolute atomic E-state index is 0.300. The number of fused-ring (bicyclic) bond motifs is 1. The van der Waals surface area contributed by atoms with Crippen molar-refractivity contribution in [2.75, 3.05) is 0 Å². The summed E-state index contributed by atoms with van der Waals surface area (Å²) in [4.78, 5) is 17.2. The maximum absolute atomic E-state index is 14.3. The van der Waals surface area contributed by atoms with Gasteiger partial charge in [0.05, 0.1) is 5.52 Å². The lowest BCUT2D eigenvalue weighted by atomic mass is 9.72. The van der Waals surface area contributed by atoms with Crippen LogP contribution in [0.5, 0.6) is 0 Å². The molecular formula is C13H11FN2O. The molecule has 86 valence electrons. The van der Waals surface area contributed by atoms with Crippen molar-refractivity contribution in [3.8, 4) is 0 Å². The summed E-state index contributed by atoms with van der Waals surface area (Å²) in [5, 5.41) is 0.829. The summed E-state index contributed by atoms with van der Waals surface area (Å²) < 4.78 is 14.3. The minimum atomic E-state index is -0.675. The topological polar surface area (TPSA) is 45.2 Å². The predicted octanol–water partition coefficient (Wildman–Crippen LogP) is 3.02. The quantitative estimate of drug-likeness (QED) is 0.625. The fraction of sp³-hybridized carbons (Fsp3) is 0.308. The molecule has 0 radical (unpaired) electrons. The highest BCUT2D eigenvalue weighted by molar-refractivity contribution is 5.81. The number of hydrogen-bond acceptors (Lipinski definition) is 2.